The van der Waals surface area contributed by atoms with Gasteiger partial charge < -0.3 is 14.5 Å². The van der Waals surface area contributed by atoms with Crippen LogP contribution in [0.1, 0.15) is 47.8 Å². The minimum absolute atomic E-state index is 0.00138. The standard InChI is InChI=1S/C20H20ClFN2O4/c1-11-18(23-12(2)28-11)16(25)6-19-8-20(9-19,10-19)24-17(26)7-27-13-3-4-14(21)15(22)5-13/h3-5H,6-10H2,1-2H3,(H,24,26). The van der Waals surface area contributed by atoms with Crippen molar-refractivity contribution in [1.29, 1.82) is 0 Å². The zero-order valence-electron chi connectivity index (χ0n) is 15.6. The molecule has 0 saturated heterocycles. The van der Waals surface area contributed by atoms with Crippen molar-refractivity contribution in [2.24, 2.45) is 5.41 Å². The number of halogens is 2. The number of nitrogens with one attached hydrogen (secondary N) is 1. The molecule has 0 aliphatic heterocycles. The van der Waals surface area contributed by atoms with Gasteiger partial charge in [0.1, 0.15) is 23.0 Å². The van der Waals surface area contributed by atoms with Gasteiger partial charge in [-0.05, 0) is 43.7 Å². The Morgan fingerprint density at radius 2 is 2.04 bits per heavy atom. The SMILES string of the molecule is Cc1nc(C(=O)CC23CC(NC(=O)COc4ccc(Cl)c(F)c4)(C2)C3)c(C)o1. The number of hydrogen-bond acceptors (Lipinski definition) is 5. The van der Waals surface area contributed by atoms with Crippen molar-refractivity contribution >= 4 is 23.3 Å². The summed E-state index contributed by atoms with van der Waals surface area (Å²) in [6, 6.07) is 4.03. The van der Waals surface area contributed by atoms with Gasteiger partial charge in [-0.25, -0.2) is 9.37 Å². The Bertz CT molecular complexity index is 951. The topological polar surface area (TPSA) is 81.4 Å². The summed E-state index contributed by atoms with van der Waals surface area (Å²) < 4.78 is 24.0. The molecule has 2 aromatic rings. The van der Waals surface area contributed by atoms with Crippen molar-refractivity contribution in [3.05, 3.63) is 46.4 Å². The third-order valence-electron chi connectivity index (χ3n) is 5.51. The van der Waals surface area contributed by atoms with Gasteiger partial charge in [-0.2, -0.15) is 0 Å². The van der Waals surface area contributed by atoms with Crippen LogP contribution in [0.3, 0.4) is 0 Å². The number of carbonyl (C=O) groups is 2. The third-order valence-corrected chi connectivity index (χ3v) is 5.82. The summed E-state index contributed by atoms with van der Waals surface area (Å²) in [4.78, 5) is 28.8. The molecule has 8 heteroatoms. The van der Waals surface area contributed by atoms with Crippen LogP contribution in [0.4, 0.5) is 4.39 Å². The van der Waals surface area contributed by atoms with Gasteiger partial charge in [-0.15, -0.1) is 0 Å². The van der Waals surface area contributed by atoms with E-state index in [4.69, 9.17) is 20.8 Å². The number of amides is 1. The zero-order chi connectivity index (χ0) is 20.1. The molecule has 3 fully saturated rings. The van der Waals surface area contributed by atoms with Gasteiger partial charge in [0.05, 0.1) is 5.02 Å². The molecule has 1 heterocycles. The van der Waals surface area contributed by atoms with Crippen molar-refractivity contribution in [3.63, 3.8) is 0 Å². The van der Waals surface area contributed by atoms with Gasteiger partial charge in [0.25, 0.3) is 5.91 Å². The van der Waals surface area contributed by atoms with Crippen molar-refractivity contribution < 1.29 is 23.1 Å². The lowest BCUT2D eigenvalue weighted by molar-refractivity contribution is -0.164. The number of benzene rings is 1. The smallest absolute Gasteiger partial charge is 0.258 e. The van der Waals surface area contributed by atoms with Crippen molar-refractivity contribution in [2.75, 3.05) is 6.61 Å². The number of ketones is 1. The Labute approximate surface area is 166 Å². The minimum atomic E-state index is -0.594. The van der Waals surface area contributed by atoms with Gasteiger partial charge >= 0.3 is 0 Å². The molecule has 0 spiro atoms. The Morgan fingerprint density at radius 1 is 1.32 bits per heavy atom. The number of aromatic nitrogens is 1. The molecule has 2 bridgehead atoms. The average molecular weight is 407 g/mol. The summed E-state index contributed by atoms with van der Waals surface area (Å²) in [5.41, 5.74) is 0.105. The lowest BCUT2D eigenvalue weighted by atomic mass is 9.38. The maximum Gasteiger partial charge on any atom is 0.258 e. The molecule has 6 nitrogen and oxygen atoms in total. The van der Waals surface area contributed by atoms with Crippen molar-refractivity contribution in [1.82, 2.24) is 10.3 Å². The van der Waals surface area contributed by atoms with E-state index in [0.29, 0.717) is 23.8 Å². The molecule has 0 unspecified atom stereocenters. The summed E-state index contributed by atoms with van der Waals surface area (Å²) >= 11 is 5.62. The van der Waals surface area contributed by atoms with Gasteiger partial charge in [0.15, 0.2) is 18.3 Å². The van der Waals surface area contributed by atoms with Gasteiger partial charge in [0.2, 0.25) is 0 Å². The van der Waals surface area contributed by atoms with Crippen LogP contribution in [-0.4, -0.2) is 28.8 Å². The van der Waals surface area contributed by atoms with Gasteiger partial charge in [-0.3, -0.25) is 9.59 Å². The summed E-state index contributed by atoms with van der Waals surface area (Å²) in [6.45, 7) is 3.26. The maximum absolute atomic E-state index is 13.4. The largest absolute Gasteiger partial charge is 0.484 e. The van der Waals surface area contributed by atoms with Crippen LogP contribution in [0.25, 0.3) is 0 Å². The molecule has 3 saturated carbocycles. The van der Waals surface area contributed by atoms with Gasteiger partial charge in [-0.1, -0.05) is 11.6 Å². The average Bonchev–Trinajstić information content (AvgIpc) is 2.91. The highest BCUT2D eigenvalue weighted by atomic mass is 35.5. The maximum atomic E-state index is 13.4. The first kappa shape index (κ1) is 18.9. The van der Waals surface area contributed by atoms with E-state index in [2.05, 4.69) is 10.3 Å². The van der Waals surface area contributed by atoms with Crippen LogP contribution in [-0.2, 0) is 4.79 Å². The van der Waals surface area contributed by atoms with E-state index in [1.807, 2.05) is 0 Å². The number of carbonyl (C=O) groups excluding carboxylic acids is 2. The fourth-order valence-electron chi connectivity index (χ4n) is 4.58. The number of hydrogen-bond donors (Lipinski definition) is 1. The molecule has 5 rings (SSSR count). The molecule has 0 radical (unpaired) electrons. The highest BCUT2D eigenvalue weighted by Crippen LogP contribution is 2.69. The first-order valence-electron chi connectivity index (χ1n) is 9.05. The quantitative estimate of drug-likeness (QED) is 0.708. The summed E-state index contributed by atoms with van der Waals surface area (Å²) in [5, 5.41) is 2.98. The summed E-state index contributed by atoms with van der Waals surface area (Å²) in [6.07, 6.45) is 2.72. The second-order valence-corrected chi connectivity index (χ2v) is 8.37. The lowest BCUT2D eigenvalue weighted by Crippen LogP contribution is -2.75. The zero-order valence-corrected chi connectivity index (χ0v) is 16.4. The van der Waals surface area contributed by atoms with Crippen LogP contribution < -0.4 is 10.1 Å². The number of Topliss-reactive ketones (excluding diaryl/α,β-unsaturated/α-hetero) is 1. The minimum Gasteiger partial charge on any atom is -0.484 e. The second kappa shape index (κ2) is 6.58. The van der Waals surface area contributed by atoms with Gasteiger partial charge in [0, 0.05) is 24.9 Å². The third kappa shape index (κ3) is 3.39. The highest BCUT2D eigenvalue weighted by Gasteiger charge is 2.68. The molecule has 1 N–H and O–H groups in total. The lowest BCUT2D eigenvalue weighted by Gasteiger charge is -2.70. The number of ether oxygens (including phenoxy) is 1. The predicted molar refractivity (Wildman–Crippen MR) is 99.0 cm³/mol. The first-order valence-corrected chi connectivity index (χ1v) is 9.43. The summed E-state index contributed by atoms with van der Waals surface area (Å²) in [5.74, 6) is 0.411. The Kier molecular flexibility index (Phi) is 4.45. The van der Waals surface area contributed by atoms with Crippen molar-refractivity contribution in [2.45, 2.75) is 45.1 Å². The van der Waals surface area contributed by atoms with Crippen LogP contribution in [0.5, 0.6) is 5.75 Å². The Balaban J connectivity index is 1.25. The van der Waals surface area contributed by atoms with E-state index in [-0.39, 0.29) is 40.0 Å². The van der Waals surface area contributed by atoms with Crippen LogP contribution >= 0.6 is 11.6 Å². The van der Waals surface area contributed by atoms with E-state index in [9.17, 15) is 14.0 Å². The first-order chi connectivity index (χ1) is 13.2. The van der Waals surface area contributed by atoms with Crippen molar-refractivity contribution in [3.8, 4) is 5.75 Å². The predicted octanol–water partition coefficient (Wildman–Crippen LogP) is 3.77. The molecule has 0 atom stereocenters. The van der Waals surface area contributed by atoms with E-state index in [1.165, 1.54) is 12.1 Å². The highest BCUT2D eigenvalue weighted by molar-refractivity contribution is 6.30. The molecule has 28 heavy (non-hydrogen) atoms. The van der Waals surface area contributed by atoms with Crippen LogP contribution in [0, 0.1) is 25.1 Å². The fourth-order valence-corrected chi connectivity index (χ4v) is 4.70. The van der Waals surface area contributed by atoms with Crippen LogP contribution in [0.15, 0.2) is 22.6 Å². The number of oxazole rings is 1. The molecular weight excluding hydrogens is 387 g/mol. The summed E-state index contributed by atoms with van der Waals surface area (Å²) in [7, 11) is 0. The van der Waals surface area contributed by atoms with Crippen LogP contribution in [0.2, 0.25) is 5.02 Å². The fraction of sp³-hybridized carbons (Fsp3) is 0.450. The molecule has 1 aromatic heterocycles. The molecule has 3 aliphatic rings. The van der Waals surface area contributed by atoms with E-state index < -0.39 is 5.82 Å². The second-order valence-electron chi connectivity index (χ2n) is 7.96. The van der Waals surface area contributed by atoms with E-state index in [0.717, 1.165) is 25.3 Å². The monoisotopic (exact) mass is 406 g/mol. The number of nitrogens with zero attached hydrogens (tertiary/aromatic N) is 1. The van der Waals surface area contributed by atoms with E-state index in [1.54, 1.807) is 13.8 Å². The number of rotatable bonds is 7. The molecule has 3 aliphatic carbocycles. The molecule has 1 aromatic carbocycles. The molecule has 1 amide bonds. The molecule has 148 valence electrons. The number of aryl methyl sites for hydroxylation is 2. The van der Waals surface area contributed by atoms with E-state index >= 15 is 0 Å². The Hall–Kier alpha value is -2.41. The normalized spacial score (nSPS) is 24.9. The molecular formula is C20H20ClFN2O4. The Morgan fingerprint density at radius 3 is 2.64 bits per heavy atom.